The first-order valence-corrected chi connectivity index (χ1v) is 13.2. The van der Waals surface area contributed by atoms with Crippen molar-refractivity contribution in [3.63, 3.8) is 0 Å². The highest BCUT2D eigenvalue weighted by Gasteiger charge is 2.42. The molecule has 0 bridgehead atoms. The van der Waals surface area contributed by atoms with E-state index in [9.17, 15) is 19.6 Å². The molecule has 37 heavy (non-hydrogen) atoms. The highest BCUT2D eigenvalue weighted by atomic mass is 35.5. The van der Waals surface area contributed by atoms with Gasteiger partial charge in [0.05, 0.1) is 11.6 Å². The number of amides is 3. The van der Waals surface area contributed by atoms with Crippen LogP contribution in [0.5, 0.6) is 5.75 Å². The minimum Gasteiger partial charge on any atom is -0.489 e. The highest BCUT2D eigenvalue weighted by molar-refractivity contribution is 6.30. The van der Waals surface area contributed by atoms with Crippen LogP contribution in [0.25, 0.3) is 0 Å². The number of carbonyl (C=O) groups is 3. The number of carbonyl (C=O) groups excluding carboxylic acids is 3. The molecule has 3 heterocycles. The normalized spacial score (nSPS) is 26.0. The summed E-state index contributed by atoms with van der Waals surface area (Å²) < 4.78 is 6.46. The van der Waals surface area contributed by atoms with Gasteiger partial charge in [-0.1, -0.05) is 17.7 Å². The standard InChI is InChI=1S/C28H27ClN4O4/c29-19-4-6-21(16(10-19)12-30)18-13-32(14-18)23-2-1-3-25(23)37-20-5-7-22-17(11-20)15-33(28(22)36)24-8-9-26(34)31-27(24)35/h4-7,10-11,18,23-25H,1-3,8-9,13-15H2,(H,31,34,35). The van der Waals surface area contributed by atoms with Crippen LogP contribution in [-0.2, 0) is 16.1 Å². The molecule has 0 aromatic heterocycles. The Bertz CT molecular complexity index is 1330. The smallest absolute Gasteiger partial charge is 0.255 e. The van der Waals surface area contributed by atoms with E-state index < -0.39 is 11.9 Å². The average Bonchev–Trinajstić information content (AvgIpc) is 3.43. The lowest BCUT2D eigenvalue weighted by Crippen LogP contribution is -2.54. The quantitative estimate of drug-likeness (QED) is 0.609. The van der Waals surface area contributed by atoms with Crippen LogP contribution in [0.3, 0.4) is 0 Å². The molecule has 2 aromatic rings. The third-order valence-electron chi connectivity index (χ3n) is 8.15. The SMILES string of the molecule is N#Cc1cc(Cl)ccc1C1CN(C2CCCC2Oc2ccc3c(c2)CN(C2CCC(=O)NC2=O)C3=O)C1. The fourth-order valence-electron chi connectivity index (χ4n) is 6.22. The van der Waals surface area contributed by atoms with Crippen LogP contribution in [0.1, 0.15) is 65.1 Å². The molecule has 3 atom stereocenters. The van der Waals surface area contributed by atoms with Gasteiger partial charge in [0.1, 0.15) is 17.9 Å². The Morgan fingerprint density at radius 1 is 1.05 bits per heavy atom. The summed E-state index contributed by atoms with van der Waals surface area (Å²) in [6.07, 6.45) is 3.77. The number of rotatable bonds is 5. The number of hydrogen-bond donors (Lipinski definition) is 1. The molecule has 0 spiro atoms. The molecule has 1 saturated carbocycles. The zero-order valence-corrected chi connectivity index (χ0v) is 21.0. The van der Waals surface area contributed by atoms with Crippen molar-refractivity contribution in [1.82, 2.24) is 15.1 Å². The van der Waals surface area contributed by atoms with Crippen molar-refractivity contribution in [3.05, 3.63) is 63.7 Å². The molecule has 9 heteroatoms. The minimum absolute atomic E-state index is 0.0583. The van der Waals surface area contributed by atoms with Crippen molar-refractivity contribution in [2.75, 3.05) is 13.1 Å². The van der Waals surface area contributed by atoms with E-state index >= 15 is 0 Å². The van der Waals surface area contributed by atoms with Gasteiger partial charge >= 0.3 is 0 Å². The van der Waals surface area contributed by atoms with E-state index in [0.29, 0.717) is 41.1 Å². The lowest BCUT2D eigenvalue weighted by atomic mass is 9.86. The summed E-state index contributed by atoms with van der Waals surface area (Å²) in [4.78, 5) is 40.8. The molecule has 0 radical (unpaired) electrons. The maximum Gasteiger partial charge on any atom is 0.255 e. The van der Waals surface area contributed by atoms with E-state index in [1.807, 2.05) is 24.3 Å². The number of piperidine rings is 1. The van der Waals surface area contributed by atoms with E-state index in [0.717, 1.165) is 49.2 Å². The molecule has 2 aromatic carbocycles. The summed E-state index contributed by atoms with van der Waals surface area (Å²) in [6, 6.07) is 13.1. The molecule has 3 unspecified atom stereocenters. The fourth-order valence-corrected chi connectivity index (χ4v) is 6.39. The number of ether oxygens (including phenoxy) is 1. The number of nitrogens with one attached hydrogen (secondary N) is 1. The van der Waals surface area contributed by atoms with Gasteiger partial charge in [0.25, 0.3) is 5.91 Å². The van der Waals surface area contributed by atoms with E-state index in [4.69, 9.17) is 16.3 Å². The molecule has 190 valence electrons. The number of fused-ring (bicyclic) bond motifs is 1. The lowest BCUT2D eigenvalue weighted by Gasteiger charge is -2.45. The van der Waals surface area contributed by atoms with Gasteiger partial charge in [0.2, 0.25) is 11.8 Å². The Labute approximate surface area is 220 Å². The van der Waals surface area contributed by atoms with Crippen LogP contribution >= 0.6 is 11.6 Å². The fraction of sp³-hybridized carbons (Fsp3) is 0.429. The molecule has 2 saturated heterocycles. The molecule has 6 rings (SSSR count). The Morgan fingerprint density at radius 3 is 2.68 bits per heavy atom. The largest absolute Gasteiger partial charge is 0.489 e. The number of benzene rings is 2. The lowest BCUT2D eigenvalue weighted by molar-refractivity contribution is -0.136. The molecule has 4 aliphatic rings. The van der Waals surface area contributed by atoms with Crippen molar-refractivity contribution in [1.29, 1.82) is 5.26 Å². The van der Waals surface area contributed by atoms with Crippen molar-refractivity contribution in [2.24, 2.45) is 0 Å². The van der Waals surface area contributed by atoms with Crippen LogP contribution < -0.4 is 10.1 Å². The number of hydrogen-bond acceptors (Lipinski definition) is 6. The van der Waals surface area contributed by atoms with Crippen LogP contribution in [-0.4, -0.2) is 58.8 Å². The molecule has 3 aliphatic heterocycles. The first-order chi connectivity index (χ1) is 17.9. The summed E-state index contributed by atoms with van der Waals surface area (Å²) >= 11 is 6.06. The van der Waals surface area contributed by atoms with Crippen molar-refractivity contribution >= 4 is 29.3 Å². The summed E-state index contributed by atoms with van der Waals surface area (Å²) in [7, 11) is 0. The molecule has 8 nitrogen and oxygen atoms in total. The van der Waals surface area contributed by atoms with E-state index in [-0.39, 0.29) is 24.3 Å². The summed E-state index contributed by atoms with van der Waals surface area (Å²) in [5, 5.41) is 12.4. The zero-order valence-electron chi connectivity index (χ0n) is 20.3. The number of halogens is 1. The van der Waals surface area contributed by atoms with Gasteiger partial charge in [0.15, 0.2) is 0 Å². The molecule has 1 aliphatic carbocycles. The molecule has 3 amide bonds. The van der Waals surface area contributed by atoms with Crippen LogP contribution in [0.15, 0.2) is 36.4 Å². The monoisotopic (exact) mass is 518 g/mol. The number of imide groups is 1. The maximum absolute atomic E-state index is 13.0. The van der Waals surface area contributed by atoms with Gasteiger partial charge in [-0.15, -0.1) is 0 Å². The van der Waals surface area contributed by atoms with E-state index in [2.05, 4.69) is 16.3 Å². The highest BCUT2D eigenvalue weighted by Crippen LogP contribution is 2.38. The average molecular weight is 519 g/mol. The van der Waals surface area contributed by atoms with Gasteiger partial charge < -0.3 is 9.64 Å². The van der Waals surface area contributed by atoms with Crippen LogP contribution in [0.2, 0.25) is 5.02 Å². The number of nitriles is 1. The molecular formula is C28H27ClN4O4. The second-order valence-electron chi connectivity index (χ2n) is 10.4. The first kappa shape index (κ1) is 24.0. The summed E-state index contributed by atoms with van der Waals surface area (Å²) in [5.41, 5.74) is 3.14. The predicted molar refractivity (Wildman–Crippen MR) is 135 cm³/mol. The molecular weight excluding hydrogens is 492 g/mol. The van der Waals surface area contributed by atoms with Gasteiger partial charge in [-0.2, -0.15) is 5.26 Å². The Hall–Kier alpha value is -3.41. The number of likely N-dealkylation sites (tertiary alicyclic amines) is 1. The Balaban J connectivity index is 1.11. The van der Waals surface area contributed by atoms with Gasteiger partial charge in [-0.25, -0.2) is 0 Å². The topological polar surface area (TPSA) is 103 Å². The van der Waals surface area contributed by atoms with Gasteiger partial charge in [-0.05, 0) is 67.1 Å². The third-order valence-corrected chi connectivity index (χ3v) is 8.39. The zero-order chi connectivity index (χ0) is 25.7. The predicted octanol–water partition coefficient (Wildman–Crippen LogP) is 3.37. The maximum atomic E-state index is 13.0. The van der Waals surface area contributed by atoms with Gasteiger partial charge in [-0.3, -0.25) is 24.6 Å². The van der Waals surface area contributed by atoms with Crippen molar-refractivity contribution in [2.45, 2.75) is 62.8 Å². The summed E-state index contributed by atoms with van der Waals surface area (Å²) in [6.45, 7) is 2.11. The second kappa shape index (κ2) is 9.47. The van der Waals surface area contributed by atoms with Crippen molar-refractivity contribution < 1.29 is 19.1 Å². The third kappa shape index (κ3) is 4.36. The Morgan fingerprint density at radius 2 is 1.89 bits per heavy atom. The first-order valence-electron chi connectivity index (χ1n) is 12.8. The number of nitrogens with zero attached hydrogens (tertiary/aromatic N) is 3. The van der Waals surface area contributed by atoms with E-state index in [1.165, 1.54) is 0 Å². The molecule has 1 N–H and O–H groups in total. The summed E-state index contributed by atoms with van der Waals surface area (Å²) in [5.74, 6) is 0.170. The van der Waals surface area contributed by atoms with Crippen molar-refractivity contribution in [3.8, 4) is 11.8 Å². The minimum atomic E-state index is -0.622. The van der Waals surface area contributed by atoms with Gasteiger partial charge in [0, 0.05) is 48.6 Å². The second-order valence-corrected chi connectivity index (χ2v) is 10.8. The molecule has 3 fully saturated rings. The van der Waals surface area contributed by atoms with Crippen LogP contribution in [0, 0.1) is 11.3 Å². The Kier molecular flexibility index (Phi) is 6.13. The van der Waals surface area contributed by atoms with E-state index in [1.54, 1.807) is 17.0 Å². The van der Waals surface area contributed by atoms with Crippen LogP contribution in [0.4, 0.5) is 0 Å².